The molecule has 5 rings (SSSR count). The van der Waals surface area contributed by atoms with Crippen molar-refractivity contribution in [1.29, 1.82) is 0 Å². The summed E-state index contributed by atoms with van der Waals surface area (Å²) in [6.07, 6.45) is 7.48. The second kappa shape index (κ2) is 10.1. The van der Waals surface area contributed by atoms with E-state index in [0.717, 1.165) is 30.6 Å². The average molecular weight is 590 g/mol. The number of aromatic nitrogens is 1. The third-order valence-electron chi connectivity index (χ3n) is 7.13. The topological polar surface area (TPSA) is 185 Å². The number of carboxylic acid groups (broad SMARTS) is 2. The van der Waals surface area contributed by atoms with Crippen molar-refractivity contribution < 1.29 is 38.7 Å². The highest BCUT2D eigenvalue weighted by Crippen LogP contribution is 2.43. The van der Waals surface area contributed by atoms with Crippen LogP contribution in [0.25, 0.3) is 0 Å². The van der Waals surface area contributed by atoms with E-state index in [4.69, 9.17) is 10.6 Å². The lowest BCUT2D eigenvalue weighted by atomic mass is 10.0. The molecule has 1 aliphatic carbocycles. The van der Waals surface area contributed by atoms with Gasteiger partial charge in [-0.15, -0.1) is 23.1 Å². The molecule has 4 aliphatic rings. The number of nitrogens with zero attached hydrogens (tertiary/aromatic N) is 4. The van der Waals surface area contributed by atoms with Crippen LogP contribution in [0.2, 0.25) is 0 Å². The Morgan fingerprint density at radius 2 is 1.95 bits per heavy atom. The average Bonchev–Trinajstić information content (AvgIpc) is 3.57. The monoisotopic (exact) mass is 589 g/mol. The number of thioether (sulfide) groups is 1. The van der Waals surface area contributed by atoms with E-state index in [-0.39, 0.29) is 22.2 Å². The van der Waals surface area contributed by atoms with Crippen LogP contribution in [0, 0.1) is 0 Å². The van der Waals surface area contributed by atoms with Crippen LogP contribution < -0.4 is 11.1 Å². The summed E-state index contributed by atoms with van der Waals surface area (Å²) in [7, 11) is 2.02. The predicted molar refractivity (Wildman–Crippen MR) is 147 cm³/mol. The second-order valence-corrected chi connectivity index (χ2v) is 12.7. The Hall–Kier alpha value is -3.69. The lowest BCUT2D eigenvalue weighted by Gasteiger charge is -2.49. The lowest BCUT2D eigenvalue weighted by Crippen LogP contribution is -2.71. The zero-order valence-corrected chi connectivity index (χ0v) is 23.7. The molecule has 1 saturated carbocycles. The van der Waals surface area contributed by atoms with Gasteiger partial charge in [-0.2, -0.15) is 0 Å². The number of aliphatic carboxylic acids is 2. The Balaban J connectivity index is 1.35. The zero-order valence-electron chi connectivity index (χ0n) is 22.0. The Bertz CT molecular complexity index is 1420. The number of nitrogen functional groups attached to an aromatic ring is 1. The van der Waals surface area contributed by atoms with Gasteiger partial charge in [-0.3, -0.25) is 19.0 Å². The Morgan fingerprint density at radius 3 is 2.52 bits per heavy atom. The van der Waals surface area contributed by atoms with E-state index in [1.807, 2.05) is 7.05 Å². The van der Waals surface area contributed by atoms with Crippen molar-refractivity contribution in [3.63, 3.8) is 0 Å². The van der Waals surface area contributed by atoms with Gasteiger partial charge in [-0.05, 0) is 33.1 Å². The first-order valence-corrected chi connectivity index (χ1v) is 14.4. The highest BCUT2D eigenvalue weighted by atomic mass is 32.2. The number of nitrogens with two attached hydrogens (primary N) is 1. The molecule has 212 valence electrons. The first-order valence-electron chi connectivity index (χ1n) is 12.5. The summed E-state index contributed by atoms with van der Waals surface area (Å²) in [6.45, 7) is 2.95. The van der Waals surface area contributed by atoms with Gasteiger partial charge in [0.05, 0.1) is 7.05 Å². The number of fused-ring (bicyclic) bond motifs is 2. The van der Waals surface area contributed by atoms with Crippen molar-refractivity contribution in [3.8, 4) is 0 Å². The molecule has 4 heterocycles. The minimum absolute atomic E-state index is 0.0464. The van der Waals surface area contributed by atoms with E-state index in [0.29, 0.717) is 22.4 Å². The molecule has 1 aromatic heterocycles. The summed E-state index contributed by atoms with van der Waals surface area (Å²) in [5.74, 6) is -3.53. The smallest absolute Gasteiger partial charge is 0.352 e. The van der Waals surface area contributed by atoms with Gasteiger partial charge in [0.15, 0.2) is 10.8 Å². The number of oxime groups is 1. The van der Waals surface area contributed by atoms with Gasteiger partial charge in [0, 0.05) is 27.9 Å². The van der Waals surface area contributed by atoms with Gasteiger partial charge in [0.25, 0.3) is 11.8 Å². The van der Waals surface area contributed by atoms with Crippen molar-refractivity contribution in [2.24, 2.45) is 5.16 Å². The number of hydrogen-bond acceptors (Lipinski definition) is 10. The van der Waals surface area contributed by atoms with Crippen LogP contribution in [0.1, 0.15) is 38.8 Å². The molecule has 15 heteroatoms. The fourth-order valence-corrected chi connectivity index (χ4v) is 7.03. The maximum absolute atomic E-state index is 13.2. The minimum atomic E-state index is -1.74. The lowest BCUT2D eigenvalue weighted by molar-refractivity contribution is -0.799. The largest absolute Gasteiger partial charge is 0.478 e. The van der Waals surface area contributed by atoms with Gasteiger partial charge in [-0.1, -0.05) is 5.16 Å². The Morgan fingerprint density at radius 1 is 1.27 bits per heavy atom. The van der Waals surface area contributed by atoms with Crippen LogP contribution >= 0.6 is 23.1 Å². The van der Waals surface area contributed by atoms with Crippen LogP contribution in [0.5, 0.6) is 0 Å². The quantitative estimate of drug-likeness (QED) is 0.142. The van der Waals surface area contributed by atoms with Gasteiger partial charge in [0.2, 0.25) is 5.60 Å². The minimum Gasteiger partial charge on any atom is -0.478 e. The summed E-state index contributed by atoms with van der Waals surface area (Å²) in [6, 6.07) is -1.03. The van der Waals surface area contributed by atoms with Crippen LogP contribution in [-0.4, -0.2) is 90.4 Å². The van der Waals surface area contributed by atoms with E-state index in [1.54, 1.807) is 0 Å². The molecule has 2 amide bonds. The van der Waals surface area contributed by atoms with Crippen molar-refractivity contribution in [3.05, 3.63) is 45.9 Å². The number of allylic oxidation sites excluding steroid dienone is 2. The van der Waals surface area contributed by atoms with Gasteiger partial charge >= 0.3 is 11.9 Å². The summed E-state index contributed by atoms with van der Waals surface area (Å²) >= 11 is 2.41. The first kappa shape index (κ1) is 27.9. The highest BCUT2D eigenvalue weighted by Gasteiger charge is 2.55. The number of thiazole rings is 1. The van der Waals surface area contributed by atoms with Gasteiger partial charge < -0.3 is 26.1 Å². The van der Waals surface area contributed by atoms with Crippen LogP contribution in [0.3, 0.4) is 0 Å². The molecular weight excluding hydrogens is 560 g/mol. The van der Waals surface area contributed by atoms with Crippen molar-refractivity contribution in [2.45, 2.75) is 50.1 Å². The standard InChI is InChI=1S/C25H28N6O7S2/c1-25(2,23(36)37)38-29-16(15-11-40-24(26)27-15)19(32)28-17-20(33)30-18(22(34)35)14(10-39-21(17)30)9-31(3)7-12-5-4-6-13(12)8-31/h7-8,11,17,21H,4-6,9-10H2,1-3H3,(H4-,26,27,28,32,34,35,36,37)/p+1/b29-16-/t17-,21-/m1/s1. The number of anilines is 1. The molecule has 0 aromatic carbocycles. The molecule has 1 saturated heterocycles. The van der Waals surface area contributed by atoms with E-state index >= 15 is 0 Å². The Kier molecular flexibility index (Phi) is 7.00. The molecule has 0 spiro atoms. The maximum atomic E-state index is 13.2. The summed E-state index contributed by atoms with van der Waals surface area (Å²) in [5.41, 5.74) is 6.84. The van der Waals surface area contributed by atoms with Crippen molar-refractivity contribution in [2.75, 3.05) is 25.1 Å². The number of likely N-dealkylation sites (N-methyl/N-ethyl adjacent to an activating group) is 1. The number of carbonyl (C=O) groups excluding carboxylic acids is 2. The molecule has 13 nitrogen and oxygen atoms in total. The Labute approximate surface area is 237 Å². The molecule has 0 radical (unpaired) electrons. The third-order valence-corrected chi connectivity index (χ3v) is 9.15. The molecule has 3 aliphatic heterocycles. The van der Waals surface area contributed by atoms with E-state index < -0.39 is 40.8 Å². The van der Waals surface area contributed by atoms with Crippen molar-refractivity contribution >= 4 is 57.7 Å². The fourth-order valence-electron chi connectivity index (χ4n) is 5.15. The maximum Gasteiger partial charge on any atom is 0.352 e. The van der Waals surface area contributed by atoms with Crippen LogP contribution in [-0.2, 0) is 24.0 Å². The first-order chi connectivity index (χ1) is 18.8. The number of hydrogen-bond donors (Lipinski definition) is 4. The van der Waals surface area contributed by atoms with E-state index in [2.05, 4.69) is 27.9 Å². The molecule has 2 atom stereocenters. The second-order valence-electron chi connectivity index (χ2n) is 10.7. The van der Waals surface area contributed by atoms with Crippen molar-refractivity contribution in [1.82, 2.24) is 15.2 Å². The van der Waals surface area contributed by atoms with E-state index in [1.165, 1.54) is 47.0 Å². The normalized spacial score (nSPS) is 23.6. The molecule has 2 fully saturated rings. The molecule has 0 unspecified atom stereocenters. The number of β-lactam (4-membered cyclic amide) rings is 1. The molecular formula is C25H29N6O7S2+. The highest BCUT2D eigenvalue weighted by molar-refractivity contribution is 8.00. The number of carboxylic acids is 2. The van der Waals surface area contributed by atoms with Crippen LogP contribution in [0.4, 0.5) is 5.13 Å². The fraction of sp³-hybridized carbons (Fsp3) is 0.440. The summed E-state index contributed by atoms with van der Waals surface area (Å²) < 4.78 is 0.452. The van der Waals surface area contributed by atoms with E-state index in [9.17, 15) is 29.4 Å². The molecule has 5 N–H and O–H groups in total. The number of amides is 2. The van der Waals surface area contributed by atoms with Crippen LogP contribution in [0.15, 0.2) is 45.4 Å². The number of nitrogens with one attached hydrogen (secondary N) is 1. The number of carbonyl (C=O) groups is 4. The molecule has 0 bridgehead atoms. The zero-order chi connectivity index (χ0) is 29.0. The number of rotatable bonds is 9. The summed E-state index contributed by atoms with van der Waals surface area (Å²) in [4.78, 5) is 60.6. The SMILES string of the molecule is CC(C)(O/N=C(\C(=O)N[C@@H]1C(=O)N2C(C(=O)O)=C(C[N+]3(C)C=C4CCCC4=C3)CS[C@H]12)c1csc(N)n1)C(=O)O. The molecule has 1 aromatic rings. The van der Waals surface area contributed by atoms with Gasteiger partial charge in [0.1, 0.15) is 41.8 Å². The molecule has 40 heavy (non-hydrogen) atoms. The third kappa shape index (κ3) is 4.99. The van der Waals surface area contributed by atoms with Gasteiger partial charge in [-0.25, -0.2) is 14.6 Å². The number of quaternary nitrogens is 1. The predicted octanol–water partition coefficient (Wildman–Crippen LogP) is 1.46. The summed E-state index contributed by atoms with van der Waals surface area (Å²) in [5, 5.41) is 26.7.